The number of methoxy groups -OCH3 is 1. The molecule has 1 aromatic heterocycles. The van der Waals surface area contributed by atoms with Gasteiger partial charge in [0.25, 0.3) is 5.91 Å². The molecule has 0 unspecified atom stereocenters. The van der Waals surface area contributed by atoms with E-state index in [-0.39, 0.29) is 17.2 Å². The molecule has 0 atom stereocenters. The number of anilines is 1. The van der Waals surface area contributed by atoms with Gasteiger partial charge in [-0.25, -0.2) is 14.3 Å². The molecule has 0 radical (unpaired) electrons. The van der Waals surface area contributed by atoms with E-state index in [0.717, 1.165) is 0 Å². The zero-order chi connectivity index (χ0) is 22.5. The number of halogens is 1. The van der Waals surface area contributed by atoms with Crippen LogP contribution in [-0.4, -0.2) is 41.3 Å². The van der Waals surface area contributed by atoms with Crippen LogP contribution in [0.25, 0.3) is 5.69 Å². The van der Waals surface area contributed by atoms with E-state index in [4.69, 9.17) is 16.3 Å². The lowest BCUT2D eigenvalue weighted by Crippen LogP contribution is -2.13. The molecule has 1 amide bonds. The Morgan fingerprint density at radius 3 is 2.39 bits per heavy atom. The highest BCUT2D eigenvalue weighted by Gasteiger charge is 2.17. The Morgan fingerprint density at radius 1 is 1.06 bits per heavy atom. The van der Waals surface area contributed by atoms with Crippen LogP contribution in [0.15, 0.2) is 48.7 Å². The van der Waals surface area contributed by atoms with Crippen molar-refractivity contribution in [2.24, 2.45) is 0 Å². The number of hydrogen-bond donors (Lipinski definition) is 1. The van der Waals surface area contributed by atoms with Crippen molar-refractivity contribution in [1.82, 2.24) is 9.78 Å². The predicted octanol–water partition coefficient (Wildman–Crippen LogP) is 4.05. The quantitative estimate of drug-likeness (QED) is 0.579. The van der Waals surface area contributed by atoms with E-state index in [1.54, 1.807) is 42.8 Å². The van der Waals surface area contributed by atoms with Crippen molar-refractivity contribution in [2.75, 3.05) is 19.0 Å². The molecule has 0 aliphatic rings. The van der Waals surface area contributed by atoms with Gasteiger partial charge >= 0.3 is 11.9 Å². The minimum Gasteiger partial charge on any atom is -0.465 e. The van der Waals surface area contributed by atoms with Crippen molar-refractivity contribution in [1.29, 1.82) is 0 Å². The molecule has 0 spiro atoms. The molecule has 1 N–H and O–H groups in total. The molecule has 0 saturated heterocycles. The highest BCUT2D eigenvalue weighted by atomic mass is 35.5. The Hall–Kier alpha value is -3.65. The topological polar surface area (TPSA) is 99.5 Å². The number of nitrogens with one attached hydrogen (secondary N) is 1. The summed E-state index contributed by atoms with van der Waals surface area (Å²) in [5.41, 5.74) is 2.62. The number of carbonyl (C=O) groups excluding carboxylic acids is 3. The summed E-state index contributed by atoms with van der Waals surface area (Å²) in [6, 6.07) is 11.1. The maximum absolute atomic E-state index is 12.6. The lowest BCUT2D eigenvalue weighted by molar-refractivity contribution is 0.0524. The normalized spacial score (nSPS) is 10.5. The molecule has 1 heterocycles. The summed E-state index contributed by atoms with van der Waals surface area (Å²) in [7, 11) is 1.27. The second-order valence-electron chi connectivity index (χ2n) is 6.46. The average molecular weight is 442 g/mol. The predicted molar refractivity (Wildman–Crippen MR) is 115 cm³/mol. The number of nitrogens with zero attached hydrogens (tertiary/aromatic N) is 2. The fraction of sp³-hybridized carbons (Fsp3) is 0.182. The molecule has 160 valence electrons. The molecule has 3 aromatic rings. The van der Waals surface area contributed by atoms with Crippen molar-refractivity contribution in [2.45, 2.75) is 13.8 Å². The highest BCUT2D eigenvalue weighted by molar-refractivity contribution is 6.34. The number of amides is 1. The number of carbonyl (C=O) groups is 3. The summed E-state index contributed by atoms with van der Waals surface area (Å²) >= 11 is 6.13. The second kappa shape index (κ2) is 9.44. The molecule has 0 aliphatic heterocycles. The van der Waals surface area contributed by atoms with Crippen LogP contribution >= 0.6 is 11.6 Å². The van der Waals surface area contributed by atoms with Crippen LogP contribution in [0.3, 0.4) is 0 Å². The third-order valence-electron chi connectivity index (χ3n) is 4.51. The van der Waals surface area contributed by atoms with Gasteiger partial charge in [-0.15, -0.1) is 0 Å². The van der Waals surface area contributed by atoms with Crippen LogP contribution in [0.4, 0.5) is 5.69 Å². The first kappa shape index (κ1) is 22.0. The Morgan fingerprint density at radius 2 is 1.74 bits per heavy atom. The Kier molecular flexibility index (Phi) is 6.71. The van der Waals surface area contributed by atoms with E-state index < -0.39 is 17.8 Å². The molecule has 9 heteroatoms. The van der Waals surface area contributed by atoms with Crippen molar-refractivity contribution < 1.29 is 23.9 Å². The summed E-state index contributed by atoms with van der Waals surface area (Å²) < 4.78 is 11.3. The monoisotopic (exact) mass is 441 g/mol. The van der Waals surface area contributed by atoms with E-state index in [2.05, 4.69) is 15.2 Å². The van der Waals surface area contributed by atoms with E-state index in [0.29, 0.717) is 28.2 Å². The van der Waals surface area contributed by atoms with Gasteiger partial charge in [-0.05, 0) is 56.3 Å². The molecular weight excluding hydrogens is 422 g/mol. The van der Waals surface area contributed by atoms with E-state index >= 15 is 0 Å². The average Bonchev–Trinajstić information content (AvgIpc) is 3.16. The van der Waals surface area contributed by atoms with E-state index in [1.165, 1.54) is 31.5 Å². The molecule has 3 rings (SSSR count). The fourth-order valence-electron chi connectivity index (χ4n) is 2.89. The Bertz CT molecular complexity index is 1140. The summed E-state index contributed by atoms with van der Waals surface area (Å²) in [5.74, 6) is -1.37. The lowest BCUT2D eigenvalue weighted by Gasteiger charge is -2.10. The first-order valence-corrected chi connectivity index (χ1v) is 9.75. The van der Waals surface area contributed by atoms with Gasteiger partial charge in [-0.1, -0.05) is 11.6 Å². The van der Waals surface area contributed by atoms with E-state index in [9.17, 15) is 14.4 Å². The summed E-state index contributed by atoms with van der Waals surface area (Å²) in [4.78, 5) is 36.3. The number of aromatic nitrogens is 2. The summed E-state index contributed by atoms with van der Waals surface area (Å²) in [5, 5.41) is 7.21. The zero-order valence-corrected chi connectivity index (χ0v) is 17.9. The van der Waals surface area contributed by atoms with Gasteiger partial charge in [0.15, 0.2) is 0 Å². The number of ether oxygens (including phenoxy) is 2. The molecule has 2 aromatic carbocycles. The first-order valence-electron chi connectivity index (χ1n) is 9.37. The molecule has 0 bridgehead atoms. The van der Waals surface area contributed by atoms with Crippen LogP contribution in [-0.2, 0) is 9.47 Å². The molecule has 0 fully saturated rings. The number of rotatable bonds is 6. The third-order valence-corrected chi connectivity index (χ3v) is 4.84. The Balaban J connectivity index is 1.79. The lowest BCUT2D eigenvalue weighted by atomic mass is 10.1. The van der Waals surface area contributed by atoms with E-state index in [1.807, 2.05) is 0 Å². The maximum atomic E-state index is 12.6. The maximum Gasteiger partial charge on any atom is 0.341 e. The fourth-order valence-corrected chi connectivity index (χ4v) is 3.06. The SMILES string of the molecule is CCOC(=O)c1cnn(-c2ccc(C(=O)Nc3cc(C(=O)OC)ccc3Cl)cc2)c1C. The highest BCUT2D eigenvalue weighted by Crippen LogP contribution is 2.24. The smallest absolute Gasteiger partial charge is 0.341 e. The third kappa shape index (κ3) is 4.75. The van der Waals surface area contributed by atoms with Crippen LogP contribution in [0.5, 0.6) is 0 Å². The molecule has 31 heavy (non-hydrogen) atoms. The largest absolute Gasteiger partial charge is 0.465 e. The first-order chi connectivity index (χ1) is 14.8. The minimum atomic E-state index is -0.534. The van der Waals surface area contributed by atoms with Crippen molar-refractivity contribution in [3.63, 3.8) is 0 Å². The molecule has 8 nitrogen and oxygen atoms in total. The van der Waals surface area contributed by atoms with Gasteiger partial charge in [-0.2, -0.15) is 5.10 Å². The van der Waals surface area contributed by atoms with Gasteiger partial charge in [0, 0.05) is 5.56 Å². The minimum absolute atomic E-state index is 0.268. The summed E-state index contributed by atoms with van der Waals surface area (Å²) in [6.07, 6.45) is 1.45. The van der Waals surface area contributed by atoms with Gasteiger partial charge < -0.3 is 14.8 Å². The van der Waals surface area contributed by atoms with Crippen molar-refractivity contribution in [3.05, 3.63) is 76.1 Å². The standard InChI is InChI=1S/C22H20ClN3O5/c1-4-31-22(29)17-12-24-26(13(17)2)16-8-5-14(6-9-16)20(27)25-19-11-15(21(28)30-3)7-10-18(19)23/h5-12H,4H2,1-3H3,(H,25,27). The zero-order valence-electron chi connectivity index (χ0n) is 17.1. The molecule has 0 saturated carbocycles. The number of hydrogen-bond acceptors (Lipinski definition) is 6. The number of benzene rings is 2. The molecule has 0 aliphatic carbocycles. The van der Waals surface area contributed by atoms with Gasteiger partial charge in [0.1, 0.15) is 5.56 Å². The van der Waals surface area contributed by atoms with Crippen LogP contribution in [0, 0.1) is 6.92 Å². The van der Waals surface area contributed by atoms with Crippen molar-refractivity contribution in [3.8, 4) is 5.69 Å². The Labute approximate surface area is 183 Å². The number of esters is 2. The molecular formula is C22H20ClN3O5. The van der Waals surface area contributed by atoms with Gasteiger partial charge in [-0.3, -0.25) is 4.79 Å². The van der Waals surface area contributed by atoms with Crippen molar-refractivity contribution >= 4 is 35.1 Å². The van der Waals surface area contributed by atoms with Crippen LogP contribution < -0.4 is 5.32 Å². The summed E-state index contributed by atoms with van der Waals surface area (Å²) in [6.45, 7) is 3.77. The van der Waals surface area contributed by atoms with Crippen LogP contribution in [0.2, 0.25) is 5.02 Å². The van der Waals surface area contributed by atoms with Gasteiger partial charge in [0.2, 0.25) is 0 Å². The van der Waals surface area contributed by atoms with Gasteiger partial charge in [0.05, 0.1) is 47.6 Å². The van der Waals surface area contributed by atoms with Crippen LogP contribution in [0.1, 0.15) is 43.7 Å². The second-order valence-corrected chi connectivity index (χ2v) is 6.87.